The molecular formula is C19H15FN6O3. The van der Waals surface area contributed by atoms with Crippen LogP contribution in [0.25, 0.3) is 0 Å². The number of hydrazine groups is 1. The molecule has 2 aromatic carbocycles. The predicted molar refractivity (Wildman–Crippen MR) is 103 cm³/mol. The molecule has 0 unspecified atom stereocenters. The van der Waals surface area contributed by atoms with Gasteiger partial charge in [-0.1, -0.05) is 30.3 Å². The minimum atomic E-state index is -0.788. The quantitative estimate of drug-likeness (QED) is 0.505. The van der Waals surface area contributed by atoms with Crippen molar-refractivity contribution < 1.29 is 14.1 Å². The Labute approximate surface area is 164 Å². The lowest BCUT2D eigenvalue weighted by molar-refractivity contribution is -0.383. The van der Waals surface area contributed by atoms with Gasteiger partial charge in [-0.25, -0.2) is 14.4 Å². The number of para-hydroxylation sites is 1. The predicted octanol–water partition coefficient (Wildman–Crippen LogP) is 2.98. The number of fused-ring (bicyclic) bond motifs is 1. The van der Waals surface area contributed by atoms with Gasteiger partial charge in [0, 0.05) is 12.2 Å². The van der Waals surface area contributed by atoms with Crippen LogP contribution in [0, 0.1) is 15.9 Å². The van der Waals surface area contributed by atoms with Crippen molar-refractivity contribution in [1.29, 1.82) is 0 Å². The number of amides is 1. The topological polar surface area (TPSA) is 113 Å². The molecule has 3 aromatic rings. The smallest absolute Gasteiger partial charge is 0.320 e. The zero-order valence-electron chi connectivity index (χ0n) is 15.0. The van der Waals surface area contributed by atoms with E-state index in [9.17, 15) is 19.3 Å². The van der Waals surface area contributed by atoms with E-state index in [2.05, 4.69) is 20.8 Å². The van der Waals surface area contributed by atoms with Crippen LogP contribution < -0.4 is 15.8 Å². The zero-order chi connectivity index (χ0) is 20.4. The van der Waals surface area contributed by atoms with Crippen molar-refractivity contribution in [2.24, 2.45) is 0 Å². The molecule has 0 fully saturated rings. The molecule has 1 aromatic heterocycles. The molecule has 2 N–H and O–H groups in total. The van der Waals surface area contributed by atoms with Crippen molar-refractivity contribution in [3.8, 4) is 0 Å². The second-order valence-corrected chi connectivity index (χ2v) is 6.24. The molecule has 10 heteroatoms. The molecular weight excluding hydrogens is 379 g/mol. The van der Waals surface area contributed by atoms with Crippen LogP contribution in [0.2, 0.25) is 0 Å². The summed E-state index contributed by atoms with van der Waals surface area (Å²) in [6.07, 6.45) is 1.89. The number of carbonyl (C=O) groups excluding carboxylic acids is 1. The fourth-order valence-corrected chi connectivity index (χ4v) is 3.21. The third-order valence-corrected chi connectivity index (χ3v) is 4.54. The van der Waals surface area contributed by atoms with Gasteiger partial charge in [-0.15, -0.1) is 0 Å². The van der Waals surface area contributed by atoms with Crippen LogP contribution in [0.1, 0.15) is 15.9 Å². The molecule has 0 radical (unpaired) electrons. The van der Waals surface area contributed by atoms with Gasteiger partial charge in [0.2, 0.25) is 11.6 Å². The molecule has 0 aliphatic carbocycles. The largest absolute Gasteiger partial charge is 0.355 e. The minimum absolute atomic E-state index is 0.109. The number of anilines is 3. The first-order chi connectivity index (χ1) is 14.1. The standard InChI is InChI=1S/C19H15FN6O3/c20-14-7-3-2-6-13(14)19(27)24-23-17-16(26(28)29)18(22-11-21-17)25-10-9-12-5-1-4-8-15(12)25/h1-8,11H,9-10H2,(H,24,27)(H,21,22,23). The summed E-state index contributed by atoms with van der Waals surface area (Å²) >= 11 is 0. The van der Waals surface area contributed by atoms with E-state index in [0.717, 1.165) is 23.7 Å². The zero-order valence-corrected chi connectivity index (χ0v) is 15.0. The number of carbonyl (C=O) groups is 1. The van der Waals surface area contributed by atoms with Crippen molar-refractivity contribution >= 4 is 28.9 Å². The molecule has 2 heterocycles. The first kappa shape index (κ1) is 18.3. The molecule has 4 rings (SSSR count). The van der Waals surface area contributed by atoms with Crippen LogP contribution in [0.3, 0.4) is 0 Å². The van der Waals surface area contributed by atoms with E-state index < -0.39 is 22.3 Å². The van der Waals surface area contributed by atoms with Gasteiger partial charge in [-0.2, -0.15) is 0 Å². The summed E-state index contributed by atoms with van der Waals surface area (Å²) in [6, 6.07) is 13.0. The second kappa shape index (κ2) is 7.50. The maximum Gasteiger partial charge on any atom is 0.355 e. The molecule has 0 saturated heterocycles. The van der Waals surface area contributed by atoms with E-state index in [1.54, 1.807) is 4.90 Å². The molecule has 9 nitrogen and oxygen atoms in total. The molecule has 1 aliphatic heterocycles. The molecule has 0 saturated carbocycles. The van der Waals surface area contributed by atoms with E-state index in [1.807, 2.05) is 24.3 Å². The number of hydrogen-bond acceptors (Lipinski definition) is 7. The summed E-state index contributed by atoms with van der Waals surface area (Å²) < 4.78 is 13.8. The number of nitrogens with zero attached hydrogens (tertiary/aromatic N) is 4. The Bertz CT molecular complexity index is 1110. The first-order valence-electron chi connectivity index (χ1n) is 8.72. The summed E-state index contributed by atoms with van der Waals surface area (Å²) in [5, 5.41) is 11.8. The second-order valence-electron chi connectivity index (χ2n) is 6.24. The number of halogens is 1. The highest BCUT2D eigenvalue weighted by Crippen LogP contribution is 2.39. The van der Waals surface area contributed by atoms with Gasteiger partial charge in [-0.05, 0) is 30.2 Å². The molecule has 146 valence electrons. The lowest BCUT2D eigenvalue weighted by Gasteiger charge is -2.19. The Morgan fingerprint density at radius 3 is 2.69 bits per heavy atom. The summed E-state index contributed by atoms with van der Waals surface area (Å²) in [6.45, 7) is 0.526. The van der Waals surface area contributed by atoms with E-state index in [4.69, 9.17) is 0 Å². The summed E-state index contributed by atoms with van der Waals surface area (Å²) in [5.41, 5.74) is 5.96. The monoisotopic (exact) mass is 394 g/mol. The van der Waals surface area contributed by atoms with E-state index in [-0.39, 0.29) is 17.2 Å². The average Bonchev–Trinajstić information content (AvgIpc) is 3.16. The van der Waals surface area contributed by atoms with Gasteiger partial charge in [-0.3, -0.25) is 25.8 Å². The maximum atomic E-state index is 13.8. The van der Waals surface area contributed by atoms with Gasteiger partial charge in [0.05, 0.1) is 10.5 Å². The van der Waals surface area contributed by atoms with E-state index in [1.165, 1.54) is 24.5 Å². The fourth-order valence-electron chi connectivity index (χ4n) is 3.21. The van der Waals surface area contributed by atoms with Crippen LogP contribution in [-0.2, 0) is 6.42 Å². The number of rotatable bonds is 5. The van der Waals surface area contributed by atoms with Crippen molar-refractivity contribution in [2.45, 2.75) is 6.42 Å². The van der Waals surface area contributed by atoms with Gasteiger partial charge in [0.25, 0.3) is 5.91 Å². The number of hydrogen-bond donors (Lipinski definition) is 2. The molecule has 0 bridgehead atoms. The van der Waals surface area contributed by atoms with Crippen LogP contribution in [-0.4, -0.2) is 27.3 Å². The molecule has 0 spiro atoms. The van der Waals surface area contributed by atoms with Crippen molar-refractivity contribution in [1.82, 2.24) is 15.4 Å². The fraction of sp³-hybridized carbons (Fsp3) is 0.105. The Morgan fingerprint density at radius 1 is 1.14 bits per heavy atom. The van der Waals surface area contributed by atoms with Crippen molar-refractivity contribution in [3.05, 3.63) is 81.9 Å². The third-order valence-electron chi connectivity index (χ3n) is 4.54. The van der Waals surface area contributed by atoms with E-state index >= 15 is 0 Å². The van der Waals surface area contributed by atoms with E-state index in [0.29, 0.717) is 6.54 Å². The van der Waals surface area contributed by atoms with Gasteiger partial charge >= 0.3 is 5.69 Å². The highest BCUT2D eigenvalue weighted by atomic mass is 19.1. The third kappa shape index (κ3) is 3.43. The van der Waals surface area contributed by atoms with Crippen LogP contribution in [0.15, 0.2) is 54.9 Å². The number of nitrogens with one attached hydrogen (secondary N) is 2. The molecule has 29 heavy (non-hydrogen) atoms. The first-order valence-corrected chi connectivity index (χ1v) is 8.72. The number of nitro groups is 1. The summed E-state index contributed by atoms with van der Waals surface area (Å²) in [4.78, 5) is 33.0. The maximum absolute atomic E-state index is 13.8. The lowest BCUT2D eigenvalue weighted by atomic mass is 10.2. The lowest BCUT2D eigenvalue weighted by Crippen LogP contribution is -2.31. The molecule has 1 aliphatic rings. The van der Waals surface area contributed by atoms with Gasteiger partial charge in [0.1, 0.15) is 12.1 Å². The van der Waals surface area contributed by atoms with Crippen molar-refractivity contribution in [3.63, 3.8) is 0 Å². The summed E-state index contributed by atoms with van der Waals surface area (Å²) in [5.74, 6) is -1.59. The van der Waals surface area contributed by atoms with Crippen molar-refractivity contribution in [2.75, 3.05) is 16.9 Å². The van der Waals surface area contributed by atoms with Crippen LogP contribution >= 0.6 is 0 Å². The number of aromatic nitrogens is 2. The normalized spacial score (nSPS) is 12.4. The van der Waals surface area contributed by atoms with Gasteiger partial charge < -0.3 is 4.90 Å². The van der Waals surface area contributed by atoms with Crippen LogP contribution in [0.5, 0.6) is 0 Å². The molecule has 1 amide bonds. The van der Waals surface area contributed by atoms with Gasteiger partial charge in [0.15, 0.2) is 0 Å². The molecule has 0 atom stereocenters. The Balaban J connectivity index is 1.64. The Kier molecular flexibility index (Phi) is 4.73. The highest BCUT2D eigenvalue weighted by Gasteiger charge is 2.31. The Hall–Kier alpha value is -4.08. The highest BCUT2D eigenvalue weighted by molar-refractivity contribution is 5.95. The SMILES string of the molecule is O=C(NNc1ncnc(N2CCc3ccccc32)c1[N+](=O)[O-])c1ccccc1F. The summed E-state index contributed by atoms with van der Waals surface area (Å²) in [7, 11) is 0. The number of benzene rings is 2. The average molecular weight is 394 g/mol. The Morgan fingerprint density at radius 2 is 1.90 bits per heavy atom. The minimum Gasteiger partial charge on any atom is -0.320 e. The van der Waals surface area contributed by atoms with Crippen LogP contribution in [0.4, 0.5) is 27.4 Å².